The van der Waals surface area contributed by atoms with Crippen LogP contribution in [0, 0.1) is 16.0 Å². The van der Waals surface area contributed by atoms with Gasteiger partial charge in [0.15, 0.2) is 0 Å². The van der Waals surface area contributed by atoms with Gasteiger partial charge in [-0.05, 0) is 31.5 Å². The molecule has 0 saturated carbocycles. The first-order valence-corrected chi connectivity index (χ1v) is 7.53. The highest BCUT2D eigenvalue weighted by Gasteiger charge is 2.27. The summed E-state index contributed by atoms with van der Waals surface area (Å²) in [6.45, 7) is 1.89. The average molecular weight is 357 g/mol. The topological polar surface area (TPSA) is 72.7 Å². The predicted molar refractivity (Wildman–Crippen MR) is 80.8 cm³/mol. The molecule has 1 heterocycles. The van der Waals surface area contributed by atoms with Crippen LogP contribution in [0.15, 0.2) is 22.7 Å². The molecule has 7 heteroatoms. The number of methoxy groups -OCH3 is 1. The minimum Gasteiger partial charge on any atom is -0.469 e. The zero-order valence-corrected chi connectivity index (χ0v) is 13.3. The van der Waals surface area contributed by atoms with Gasteiger partial charge in [0, 0.05) is 29.2 Å². The van der Waals surface area contributed by atoms with Gasteiger partial charge in [-0.3, -0.25) is 19.8 Å². The van der Waals surface area contributed by atoms with Gasteiger partial charge in [0.05, 0.1) is 18.0 Å². The van der Waals surface area contributed by atoms with Crippen molar-refractivity contribution < 1.29 is 14.5 Å². The summed E-state index contributed by atoms with van der Waals surface area (Å²) < 4.78 is 5.47. The SMILES string of the molecule is COC(=O)[C@H]1CCCN(Cc2ccc(Br)cc2[N+](=O)[O-])C1. The molecule has 1 atom stereocenters. The van der Waals surface area contributed by atoms with Gasteiger partial charge in [-0.2, -0.15) is 0 Å². The Morgan fingerprint density at radius 2 is 2.33 bits per heavy atom. The molecule has 114 valence electrons. The number of rotatable bonds is 4. The van der Waals surface area contributed by atoms with Crippen molar-refractivity contribution >= 4 is 27.6 Å². The molecule has 2 rings (SSSR count). The van der Waals surface area contributed by atoms with Gasteiger partial charge in [-0.25, -0.2) is 0 Å². The zero-order valence-electron chi connectivity index (χ0n) is 11.8. The van der Waals surface area contributed by atoms with Gasteiger partial charge >= 0.3 is 5.97 Å². The van der Waals surface area contributed by atoms with E-state index in [1.54, 1.807) is 12.1 Å². The van der Waals surface area contributed by atoms with Crippen molar-refractivity contribution in [2.45, 2.75) is 19.4 Å². The third kappa shape index (κ3) is 4.01. The van der Waals surface area contributed by atoms with Gasteiger partial charge in [0.1, 0.15) is 0 Å². The van der Waals surface area contributed by atoms with E-state index in [1.165, 1.54) is 13.2 Å². The van der Waals surface area contributed by atoms with E-state index in [2.05, 4.69) is 20.8 Å². The molecule has 0 unspecified atom stereocenters. The molecular weight excluding hydrogens is 340 g/mol. The average Bonchev–Trinajstić information content (AvgIpc) is 2.48. The van der Waals surface area contributed by atoms with E-state index in [1.807, 2.05) is 0 Å². The maximum atomic E-state index is 11.6. The van der Waals surface area contributed by atoms with Crippen LogP contribution in [0.5, 0.6) is 0 Å². The Kier molecular flexibility index (Phi) is 5.30. The maximum Gasteiger partial charge on any atom is 0.309 e. The number of hydrogen-bond acceptors (Lipinski definition) is 5. The number of nitro groups is 1. The Bertz CT molecular complexity index is 550. The molecule has 1 aliphatic rings. The molecule has 1 aliphatic heterocycles. The molecule has 1 saturated heterocycles. The molecule has 6 nitrogen and oxygen atoms in total. The summed E-state index contributed by atoms with van der Waals surface area (Å²) in [6.07, 6.45) is 1.70. The van der Waals surface area contributed by atoms with E-state index >= 15 is 0 Å². The third-order valence-corrected chi connectivity index (χ3v) is 4.17. The first kappa shape index (κ1) is 15.9. The molecular formula is C14H17BrN2O4. The summed E-state index contributed by atoms with van der Waals surface area (Å²) in [5.74, 6) is -0.344. The first-order chi connectivity index (χ1) is 10.0. The van der Waals surface area contributed by atoms with Crippen LogP contribution >= 0.6 is 15.9 Å². The van der Waals surface area contributed by atoms with Gasteiger partial charge in [0.2, 0.25) is 0 Å². The highest BCUT2D eigenvalue weighted by molar-refractivity contribution is 9.10. The lowest BCUT2D eigenvalue weighted by molar-refractivity contribution is -0.385. The standard InChI is InChI=1S/C14H17BrN2O4/c1-21-14(18)11-3-2-6-16(9-11)8-10-4-5-12(15)7-13(10)17(19)20/h4-5,7,11H,2-3,6,8-9H2,1H3/t11-/m0/s1. The number of esters is 1. The van der Waals surface area contributed by atoms with Crippen LogP contribution < -0.4 is 0 Å². The van der Waals surface area contributed by atoms with Crippen LogP contribution in [-0.2, 0) is 16.1 Å². The van der Waals surface area contributed by atoms with E-state index in [9.17, 15) is 14.9 Å². The lowest BCUT2D eigenvalue weighted by Crippen LogP contribution is -2.38. The van der Waals surface area contributed by atoms with E-state index in [4.69, 9.17) is 4.74 Å². The van der Waals surface area contributed by atoms with Crippen molar-refractivity contribution in [2.24, 2.45) is 5.92 Å². The number of halogens is 1. The molecule has 1 aromatic rings. The highest BCUT2D eigenvalue weighted by Crippen LogP contribution is 2.26. The molecule has 0 N–H and O–H groups in total. The van der Waals surface area contributed by atoms with Crippen molar-refractivity contribution in [3.05, 3.63) is 38.3 Å². The second-order valence-electron chi connectivity index (χ2n) is 5.13. The van der Waals surface area contributed by atoms with E-state index in [0.29, 0.717) is 23.1 Å². The summed E-state index contributed by atoms with van der Waals surface area (Å²) in [5.41, 5.74) is 0.762. The smallest absolute Gasteiger partial charge is 0.309 e. The quantitative estimate of drug-likeness (QED) is 0.471. The van der Waals surface area contributed by atoms with Crippen LogP contribution in [0.4, 0.5) is 5.69 Å². The predicted octanol–water partition coefficient (Wildman–Crippen LogP) is 2.74. The van der Waals surface area contributed by atoms with E-state index in [0.717, 1.165) is 19.4 Å². The number of carbonyl (C=O) groups excluding carboxylic acids is 1. The van der Waals surface area contributed by atoms with Gasteiger partial charge in [0.25, 0.3) is 5.69 Å². The molecule has 0 radical (unpaired) electrons. The molecule has 0 aromatic heterocycles. The molecule has 21 heavy (non-hydrogen) atoms. The summed E-state index contributed by atoms with van der Waals surface area (Å²) in [4.78, 5) is 24.4. The fraction of sp³-hybridized carbons (Fsp3) is 0.500. The molecule has 0 amide bonds. The van der Waals surface area contributed by atoms with Crippen LogP contribution in [0.1, 0.15) is 18.4 Å². The minimum absolute atomic E-state index is 0.101. The third-order valence-electron chi connectivity index (χ3n) is 3.68. The number of carbonyl (C=O) groups is 1. The second-order valence-corrected chi connectivity index (χ2v) is 6.04. The fourth-order valence-corrected chi connectivity index (χ4v) is 2.99. The van der Waals surface area contributed by atoms with E-state index < -0.39 is 0 Å². The van der Waals surface area contributed by atoms with Crippen LogP contribution in [-0.4, -0.2) is 36.0 Å². The number of benzene rings is 1. The fourth-order valence-electron chi connectivity index (χ4n) is 2.64. The van der Waals surface area contributed by atoms with E-state index in [-0.39, 0.29) is 22.5 Å². The Morgan fingerprint density at radius 3 is 3.00 bits per heavy atom. The van der Waals surface area contributed by atoms with Gasteiger partial charge in [-0.15, -0.1) is 0 Å². The monoisotopic (exact) mass is 356 g/mol. The van der Waals surface area contributed by atoms with Gasteiger partial charge < -0.3 is 4.74 Å². The number of nitrogens with zero attached hydrogens (tertiary/aromatic N) is 2. The van der Waals surface area contributed by atoms with Crippen molar-refractivity contribution in [2.75, 3.05) is 20.2 Å². The van der Waals surface area contributed by atoms with Crippen molar-refractivity contribution in [3.63, 3.8) is 0 Å². The van der Waals surface area contributed by atoms with Crippen molar-refractivity contribution in [1.82, 2.24) is 4.90 Å². The Balaban J connectivity index is 2.11. The molecule has 1 aromatic carbocycles. The van der Waals surface area contributed by atoms with Crippen LogP contribution in [0.25, 0.3) is 0 Å². The first-order valence-electron chi connectivity index (χ1n) is 6.74. The van der Waals surface area contributed by atoms with Crippen LogP contribution in [0.3, 0.4) is 0 Å². The number of piperidine rings is 1. The Morgan fingerprint density at radius 1 is 1.57 bits per heavy atom. The Labute approximate surface area is 131 Å². The second kappa shape index (κ2) is 7.00. The molecule has 0 aliphatic carbocycles. The summed E-state index contributed by atoms with van der Waals surface area (Å²) >= 11 is 3.25. The lowest BCUT2D eigenvalue weighted by Gasteiger charge is -2.31. The zero-order chi connectivity index (χ0) is 15.4. The molecule has 0 spiro atoms. The largest absolute Gasteiger partial charge is 0.469 e. The lowest BCUT2D eigenvalue weighted by atomic mass is 9.97. The molecule has 1 fully saturated rings. The van der Waals surface area contributed by atoms with Gasteiger partial charge in [-0.1, -0.05) is 15.9 Å². The number of ether oxygens (including phenoxy) is 1. The number of likely N-dealkylation sites (tertiary alicyclic amines) is 1. The molecule has 0 bridgehead atoms. The van der Waals surface area contributed by atoms with Crippen molar-refractivity contribution in [3.8, 4) is 0 Å². The van der Waals surface area contributed by atoms with Crippen LogP contribution in [0.2, 0.25) is 0 Å². The highest BCUT2D eigenvalue weighted by atomic mass is 79.9. The number of nitro benzene ring substituents is 1. The summed E-state index contributed by atoms with van der Waals surface area (Å²) in [7, 11) is 1.39. The minimum atomic E-state index is -0.373. The maximum absolute atomic E-state index is 11.6. The number of hydrogen-bond donors (Lipinski definition) is 0. The van der Waals surface area contributed by atoms with Crippen molar-refractivity contribution in [1.29, 1.82) is 0 Å². The Hall–Kier alpha value is -1.47. The summed E-state index contributed by atoms with van der Waals surface area (Å²) in [5, 5.41) is 11.1. The summed E-state index contributed by atoms with van der Waals surface area (Å²) in [6, 6.07) is 5.06. The normalized spacial score (nSPS) is 19.2.